The molecule has 0 amide bonds. The van der Waals surface area contributed by atoms with Crippen molar-refractivity contribution in [3.05, 3.63) is 70.7 Å². The lowest BCUT2D eigenvalue weighted by Crippen LogP contribution is -2.01. The van der Waals surface area contributed by atoms with E-state index in [0.29, 0.717) is 11.5 Å². The maximum absolute atomic E-state index is 12.1. The third kappa shape index (κ3) is 4.78. The summed E-state index contributed by atoms with van der Waals surface area (Å²) in [5.41, 5.74) is 3.71. The van der Waals surface area contributed by atoms with Crippen LogP contribution in [0.3, 0.4) is 0 Å². The SMILES string of the molecule is COc1cccc(/C=C/C(=O)OCc2csc(-c3ccc(C)cc3)n2)c1OC. The molecule has 1 heterocycles. The lowest BCUT2D eigenvalue weighted by atomic mass is 10.1. The normalized spacial score (nSPS) is 10.8. The molecule has 0 saturated carbocycles. The molecule has 28 heavy (non-hydrogen) atoms. The number of hydrogen-bond acceptors (Lipinski definition) is 6. The molecule has 0 bridgehead atoms. The van der Waals surface area contributed by atoms with E-state index < -0.39 is 5.97 Å². The minimum atomic E-state index is -0.449. The number of aryl methyl sites for hydroxylation is 1. The van der Waals surface area contributed by atoms with E-state index in [0.717, 1.165) is 21.8 Å². The van der Waals surface area contributed by atoms with Gasteiger partial charge in [-0.1, -0.05) is 42.0 Å². The molecule has 0 unspecified atom stereocenters. The Bertz CT molecular complexity index is 976. The Morgan fingerprint density at radius 3 is 2.61 bits per heavy atom. The Labute approximate surface area is 168 Å². The Balaban J connectivity index is 1.61. The van der Waals surface area contributed by atoms with Crippen LogP contribution in [0.2, 0.25) is 0 Å². The molecule has 0 radical (unpaired) electrons. The lowest BCUT2D eigenvalue weighted by Gasteiger charge is -2.09. The average Bonchev–Trinajstić information content (AvgIpc) is 3.19. The van der Waals surface area contributed by atoms with Crippen molar-refractivity contribution in [2.45, 2.75) is 13.5 Å². The van der Waals surface area contributed by atoms with Crippen LogP contribution in [-0.4, -0.2) is 25.2 Å². The number of benzene rings is 2. The van der Waals surface area contributed by atoms with Gasteiger partial charge in [0.1, 0.15) is 11.6 Å². The van der Waals surface area contributed by atoms with E-state index in [4.69, 9.17) is 14.2 Å². The maximum atomic E-state index is 12.1. The van der Waals surface area contributed by atoms with Gasteiger partial charge in [0.2, 0.25) is 0 Å². The molecule has 5 nitrogen and oxygen atoms in total. The van der Waals surface area contributed by atoms with Crippen molar-refractivity contribution in [2.75, 3.05) is 14.2 Å². The summed E-state index contributed by atoms with van der Waals surface area (Å²) in [5, 5.41) is 2.81. The predicted molar refractivity (Wildman–Crippen MR) is 111 cm³/mol. The van der Waals surface area contributed by atoms with Gasteiger partial charge in [-0.05, 0) is 19.1 Å². The summed E-state index contributed by atoms with van der Waals surface area (Å²) in [7, 11) is 3.12. The van der Waals surface area contributed by atoms with Gasteiger partial charge in [0.25, 0.3) is 0 Å². The van der Waals surface area contributed by atoms with E-state index in [2.05, 4.69) is 4.98 Å². The third-order valence-corrected chi connectivity index (χ3v) is 4.99. The number of hydrogen-bond donors (Lipinski definition) is 0. The van der Waals surface area contributed by atoms with Gasteiger partial charge in [-0.3, -0.25) is 0 Å². The fourth-order valence-corrected chi connectivity index (χ4v) is 3.41. The summed E-state index contributed by atoms with van der Waals surface area (Å²) < 4.78 is 15.9. The molecule has 0 saturated heterocycles. The van der Waals surface area contributed by atoms with E-state index in [1.165, 1.54) is 23.0 Å². The minimum Gasteiger partial charge on any atom is -0.493 e. The molecule has 0 fully saturated rings. The molecule has 6 heteroatoms. The molecule has 3 aromatic rings. The van der Waals surface area contributed by atoms with Crippen molar-refractivity contribution < 1.29 is 19.0 Å². The largest absolute Gasteiger partial charge is 0.493 e. The Hall–Kier alpha value is -3.12. The molecule has 3 rings (SSSR count). The molecule has 0 spiro atoms. The molecule has 0 atom stereocenters. The molecular weight excluding hydrogens is 374 g/mol. The summed E-state index contributed by atoms with van der Waals surface area (Å²) in [5.74, 6) is 0.718. The van der Waals surface area contributed by atoms with Crippen LogP contribution in [0.5, 0.6) is 11.5 Å². The number of aromatic nitrogens is 1. The molecule has 1 aromatic heterocycles. The lowest BCUT2D eigenvalue weighted by molar-refractivity contribution is -0.139. The molecule has 0 aliphatic rings. The van der Waals surface area contributed by atoms with Crippen LogP contribution in [0, 0.1) is 6.92 Å². The quantitative estimate of drug-likeness (QED) is 0.421. The third-order valence-electron chi connectivity index (χ3n) is 4.04. The highest BCUT2D eigenvalue weighted by molar-refractivity contribution is 7.13. The van der Waals surface area contributed by atoms with Crippen molar-refractivity contribution in [1.82, 2.24) is 4.98 Å². The molecule has 0 aliphatic carbocycles. The number of rotatable bonds is 7. The highest BCUT2D eigenvalue weighted by Crippen LogP contribution is 2.31. The zero-order chi connectivity index (χ0) is 19.9. The van der Waals surface area contributed by atoms with E-state index in [-0.39, 0.29) is 6.61 Å². The van der Waals surface area contributed by atoms with Gasteiger partial charge in [0.05, 0.1) is 19.9 Å². The molecule has 0 N–H and O–H groups in total. The van der Waals surface area contributed by atoms with Crippen molar-refractivity contribution in [3.63, 3.8) is 0 Å². The topological polar surface area (TPSA) is 57.7 Å². The summed E-state index contributed by atoms with van der Waals surface area (Å²) in [6.07, 6.45) is 3.01. The molecule has 2 aromatic carbocycles. The van der Waals surface area contributed by atoms with Crippen LogP contribution >= 0.6 is 11.3 Å². The number of nitrogens with zero attached hydrogens (tertiary/aromatic N) is 1. The monoisotopic (exact) mass is 395 g/mol. The Kier molecular flexibility index (Phi) is 6.45. The van der Waals surface area contributed by atoms with Crippen LogP contribution in [0.1, 0.15) is 16.8 Å². The fourth-order valence-electron chi connectivity index (χ4n) is 2.60. The van der Waals surface area contributed by atoms with Crippen LogP contribution in [0.4, 0.5) is 0 Å². The van der Waals surface area contributed by atoms with Gasteiger partial charge >= 0.3 is 5.97 Å². The smallest absolute Gasteiger partial charge is 0.331 e. The summed E-state index contributed by atoms with van der Waals surface area (Å²) in [6.45, 7) is 2.17. The standard InChI is InChI=1S/C22H21NO4S/c1-15-7-9-17(10-8-15)22-23-18(14-28-22)13-27-20(24)12-11-16-5-4-6-19(25-2)21(16)26-3/h4-12,14H,13H2,1-3H3/b12-11+. The second-order valence-corrected chi connectivity index (χ2v) is 6.89. The number of thiazole rings is 1. The minimum absolute atomic E-state index is 0.126. The fraction of sp³-hybridized carbons (Fsp3) is 0.182. The maximum Gasteiger partial charge on any atom is 0.331 e. The van der Waals surface area contributed by atoms with Crippen LogP contribution in [0.15, 0.2) is 53.9 Å². The van der Waals surface area contributed by atoms with Gasteiger partial charge in [-0.2, -0.15) is 0 Å². The first-order chi connectivity index (χ1) is 13.6. The number of methoxy groups -OCH3 is 2. The number of esters is 1. The number of carbonyl (C=O) groups is 1. The Morgan fingerprint density at radius 2 is 1.89 bits per heavy atom. The highest BCUT2D eigenvalue weighted by Gasteiger charge is 2.09. The van der Waals surface area contributed by atoms with E-state index in [9.17, 15) is 4.79 Å². The van der Waals surface area contributed by atoms with E-state index >= 15 is 0 Å². The summed E-state index contributed by atoms with van der Waals surface area (Å²) in [6, 6.07) is 13.6. The van der Waals surface area contributed by atoms with Gasteiger partial charge in [0.15, 0.2) is 11.5 Å². The highest BCUT2D eigenvalue weighted by atomic mass is 32.1. The second kappa shape index (κ2) is 9.19. The van der Waals surface area contributed by atoms with Gasteiger partial charge < -0.3 is 14.2 Å². The first-order valence-electron chi connectivity index (χ1n) is 8.68. The summed E-state index contributed by atoms with van der Waals surface area (Å²) >= 11 is 1.53. The molecule has 144 valence electrons. The first kappa shape index (κ1) is 19.6. The van der Waals surface area contributed by atoms with E-state index in [1.807, 2.05) is 48.7 Å². The van der Waals surface area contributed by atoms with Crippen molar-refractivity contribution >= 4 is 23.4 Å². The van der Waals surface area contributed by atoms with Crippen molar-refractivity contribution in [2.24, 2.45) is 0 Å². The van der Waals surface area contributed by atoms with Crippen LogP contribution in [0.25, 0.3) is 16.6 Å². The van der Waals surface area contributed by atoms with E-state index in [1.54, 1.807) is 26.4 Å². The average molecular weight is 395 g/mol. The van der Waals surface area contributed by atoms with Gasteiger partial charge in [-0.15, -0.1) is 11.3 Å². The number of ether oxygens (including phenoxy) is 3. The zero-order valence-electron chi connectivity index (χ0n) is 16.0. The molecule has 0 aliphatic heterocycles. The zero-order valence-corrected chi connectivity index (χ0v) is 16.8. The van der Waals surface area contributed by atoms with Crippen LogP contribution < -0.4 is 9.47 Å². The Morgan fingerprint density at radius 1 is 1.11 bits per heavy atom. The van der Waals surface area contributed by atoms with Crippen LogP contribution in [-0.2, 0) is 16.1 Å². The van der Waals surface area contributed by atoms with Gasteiger partial charge in [-0.25, -0.2) is 9.78 Å². The second-order valence-electron chi connectivity index (χ2n) is 6.03. The van der Waals surface area contributed by atoms with Crippen molar-refractivity contribution in [1.29, 1.82) is 0 Å². The van der Waals surface area contributed by atoms with Gasteiger partial charge in [0, 0.05) is 22.6 Å². The molecular formula is C22H21NO4S. The predicted octanol–water partition coefficient (Wildman–Crippen LogP) is 4.89. The van der Waals surface area contributed by atoms with Crippen molar-refractivity contribution in [3.8, 4) is 22.1 Å². The number of carbonyl (C=O) groups excluding carboxylic acids is 1. The summed E-state index contributed by atoms with van der Waals surface area (Å²) in [4.78, 5) is 16.6. The first-order valence-corrected chi connectivity index (χ1v) is 9.56. The number of para-hydroxylation sites is 1.